The molecule has 179 valence electrons. The molecule has 1 aromatic carbocycles. The fraction of sp³-hybridized carbons (Fsp3) is 0.476. The average molecular weight is 466 g/mol. The van der Waals surface area contributed by atoms with Crippen molar-refractivity contribution in [2.75, 3.05) is 6.61 Å². The minimum Gasteiger partial charge on any atom is -0.463 e. The van der Waals surface area contributed by atoms with Gasteiger partial charge >= 0.3 is 23.9 Å². The molecular weight excluding hydrogens is 442 g/mol. The molecule has 1 aliphatic rings. The minimum absolute atomic E-state index is 0.185. The summed E-state index contributed by atoms with van der Waals surface area (Å²) in [5, 5.41) is 11.1. The maximum Gasteiger partial charge on any atom is 0.303 e. The Labute approximate surface area is 189 Å². The third kappa shape index (κ3) is 6.72. The highest BCUT2D eigenvalue weighted by Crippen LogP contribution is 2.39. The fourth-order valence-corrected chi connectivity index (χ4v) is 3.46. The largest absolute Gasteiger partial charge is 0.463 e. The van der Waals surface area contributed by atoms with Crippen molar-refractivity contribution >= 4 is 29.6 Å². The standard InChI is InChI=1S/C21H24NO11/c1-10-8-15(22(27)28)6-7-16(10)18-20(31-13(4)25)21(32-14(5)26)19(30-12(3)24)17(33-18)9-29-11(2)23/h6-8,17-21H,1,9H2,2-5H3/t17-,18+,19+,20+,21+/m1/s1. The Hall–Kier alpha value is -3.54. The molecule has 1 heterocycles. The second-order valence-electron chi connectivity index (χ2n) is 7.26. The lowest BCUT2D eigenvalue weighted by Gasteiger charge is -2.44. The lowest BCUT2D eigenvalue weighted by Crippen LogP contribution is -2.59. The SMILES string of the molecule is [CH2]c1cc([N+](=O)[O-])ccc1[C@@H]1O[C@H](COC(C)=O)[C@H](OC(C)=O)[C@H](OC(C)=O)[C@H]1OC(C)=O. The molecular formula is C21H24NO11. The molecule has 0 N–H and O–H groups in total. The number of esters is 4. The van der Waals surface area contributed by atoms with E-state index in [1.54, 1.807) is 0 Å². The Kier molecular flexibility index (Phi) is 8.46. The molecule has 33 heavy (non-hydrogen) atoms. The van der Waals surface area contributed by atoms with Gasteiger partial charge in [0, 0.05) is 39.8 Å². The van der Waals surface area contributed by atoms with E-state index in [0.717, 1.165) is 27.7 Å². The Morgan fingerprint density at radius 3 is 1.97 bits per heavy atom. The van der Waals surface area contributed by atoms with Gasteiger partial charge in [0.05, 0.1) is 4.92 Å². The van der Waals surface area contributed by atoms with Crippen LogP contribution < -0.4 is 0 Å². The van der Waals surface area contributed by atoms with Crippen LogP contribution in [0.5, 0.6) is 0 Å². The van der Waals surface area contributed by atoms with Crippen LogP contribution in [0.4, 0.5) is 5.69 Å². The molecule has 5 atom stereocenters. The zero-order valence-electron chi connectivity index (χ0n) is 18.5. The summed E-state index contributed by atoms with van der Waals surface area (Å²) in [4.78, 5) is 57.4. The van der Waals surface area contributed by atoms with Crippen LogP contribution in [0.3, 0.4) is 0 Å². The summed E-state index contributed by atoms with van der Waals surface area (Å²) in [6.07, 6.45) is -6.24. The summed E-state index contributed by atoms with van der Waals surface area (Å²) in [7, 11) is 0. The van der Waals surface area contributed by atoms with Crippen LogP contribution in [-0.4, -0.2) is 59.8 Å². The lowest BCUT2D eigenvalue weighted by atomic mass is 9.88. The van der Waals surface area contributed by atoms with Crippen molar-refractivity contribution in [1.82, 2.24) is 0 Å². The van der Waals surface area contributed by atoms with Crippen LogP contribution >= 0.6 is 0 Å². The molecule has 0 unspecified atom stereocenters. The third-order valence-corrected chi connectivity index (χ3v) is 4.63. The van der Waals surface area contributed by atoms with Crippen LogP contribution in [0.2, 0.25) is 0 Å². The van der Waals surface area contributed by atoms with Crippen molar-refractivity contribution in [3.8, 4) is 0 Å². The number of ether oxygens (including phenoxy) is 5. The van der Waals surface area contributed by atoms with E-state index in [2.05, 4.69) is 6.92 Å². The Morgan fingerprint density at radius 1 is 0.939 bits per heavy atom. The van der Waals surface area contributed by atoms with E-state index in [-0.39, 0.29) is 23.4 Å². The van der Waals surface area contributed by atoms with Gasteiger partial charge in [-0.2, -0.15) is 0 Å². The highest BCUT2D eigenvalue weighted by atomic mass is 16.7. The van der Waals surface area contributed by atoms with Crippen LogP contribution in [0, 0.1) is 17.0 Å². The fourth-order valence-electron chi connectivity index (χ4n) is 3.46. The van der Waals surface area contributed by atoms with Crippen molar-refractivity contribution in [1.29, 1.82) is 0 Å². The third-order valence-electron chi connectivity index (χ3n) is 4.63. The Morgan fingerprint density at radius 2 is 1.48 bits per heavy atom. The molecule has 0 aromatic heterocycles. The summed E-state index contributed by atoms with van der Waals surface area (Å²) in [5.41, 5.74) is 0.248. The van der Waals surface area contributed by atoms with Gasteiger partial charge in [-0.1, -0.05) is 0 Å². The predicted molar refractivity (Wildman–Crippen MR) is 108 cm³/mol. The number of nitro benzene ring substituents is 1. The second-order valence-corrected chi connectivity index (χ2v) is 7.26. The smallest absolute Gasteiger partial charge is 0.303 e. The number of non-ortho nitro benzene ring substituents is 1. The first-order chi connectivity index (χ1) is 15.4. The summed E-state index contributed by atoms with van der Waals surface area (Å²) in [6, 6.07) is 3.77. The van der Waals surface area contributed by atoms with Gasteiger partial charge in [0.2, 0.25) is 0 Å². The first-order valence-electron chi connectivity index (χ1n) is 9.81. The second kappa shape index (κ2) is 10.9. The number of hydrogen-bond donors (Lipinski definition) is 0. The number of hydrogen-bond acceptors (Lipinski definition) is 11. The zero-order valence-corrected chi connectivity index (χ0v) is 18.5. The van der Waals surface area contributed by atoms with Gasteiger partial charge in [0.25, 0.3) is 5.69 Å². The monoisotopic (exact) mass is 466 g/mol. The van der Waals surface area contributed by atoms with E-state index < -0.39 is 59.3 Å². The van der Waals surface area contributed by atoms with Gasteiger partial charge in [-0.15, -0.1) is 0 Å². The number of benzene rings is 1. The molecule has 1 fully saturated rings. The highest BCUT2D eigenvalue weighted by Gasteiger charge is 2.52. The first-order valence-corrected chi connectivity index (χ1v) is 9.81. The molecule has 1 aliphatic heterocycles. The minimum atomic E-state index is -1.34. The molecule has 12 nitrogen and oxygen atoms in total. The average Bonchev–Trinajstić information content (AvgIpc) is 2.68. The number of carbonyl (C=O) groups excluding carboxylic acids is 4. The van der Waals surface area contributed by atoms with E-state index in [4.69, 9.17) is 23.7 Å². The van der Waals surface area contributed by atoms with Crippen LogP contribution in [0.1, 0.15) is 44.9 Å². The number of carbonyl (C=O) groups is 4. The lowest BCUT2D eigenvalue weighted by molar-refractivity contribution is -0.384. The molecule has 0 aliphatic carbocycles. The maximum atomic E-state index is 11.9. The van der Waals surface area contributed by atoms with Gasteiger partial charge in [-0.25, -0.2) is 0 Å². The molecule has 12 heteroatoms. The zero-order chi connectivity index (χ0) is 24.9. The van der Waals surface area contributed by atoms with Gasteiger partial charge in [0.1, 0.15) is 18.8 Å². The van der Waals surface area contributed by atoms with Crippen molar-refractivity contribution in [2.24, 2.45) is 0 Å². The summed E-state index contributed by atoms with van der Waals surface area (Å²) < 4.78 is 27.1. The number of nitrogens with zero attached hydrogens (tertiary/aromatic N) is 1. The van der Waals surface area contributed by atoms with Gasteiger partial charge in [-0.05, 0) is 24.1 Å². The quantitative estimate of drug-likeness (QED) is 0.248. The Bertz CT molecular complexity index is 944. The normalized spacial score (nSPS) is 24.3. The molecule has 1 radical (unpaired) electrons. The molecule has 0 spiro atoms. The van der Waals surface area contributed by atoms with Crippen molar-refractivity contribution in [3.63, 3.8) is 0 Å². The van der Waals surface area contributed by atoms with E-state index >= 15 is 0 Å². The molecule has 0 amide bonds. The summed E-state index contributed by atoms with van der Waals surface area (Å²) >= 11 is 0. The topological polar surface area (TPSA) is 158 Å². The van der Waals surface area contributed by atoms with Gasteiger partial charge in [-0.3, -0.25) is 29.3 Å². The van der Waals surface area contributed by atoms with Crippen LogP contribution in [0.25, 0.3) is 0 Å². The van der Waals surface area contributed by atoms with Gasteiger partial charge < -0.3 is 23.7 Å². The van der Waals surface area contributed by atoms with Crippen molar-refractivity contribution < 1.29 is 47.8 Å². The van der Waals surface area contributed by atoms with E-state index in [1.165, 1.54) is 18.2 Å². The molecule has 0 bridgehead atoms. The summed E-state index contributed by atoms with van der Waals surface area (Å²) in [6.45, 7) is 7.93. The number of rotatable bonds is 7. The van der Waals surface area contributed by atoms with Gasteiger partial charge in [0.15, 0.2) is 18.3 Å². The maximum absolute atomic E-state index is 11.9. The molecule has 1 saturated heterocycles. The number of nitro groups is 1. The highest BCUT2D eigenvalue weighted by molar-refractivity contribution is 5.69. The first kappa shape index (κ1) is 25.7. The summed E-state index contributed by atoms with van der Waals surface area (Å²) in [5.74, 6) is -2.91. The molecule has 2 rings (SSSR count). The van der Waals surface area contributed by atoms with Crippen molar-refractivity contribution in [3.05, 3.63) is 46.4 Å². The van der Waals surface area contributed by atoms with Crippen LogP contribution in [0.15, 0.2) is 18.2 Å². The van der Waals surface area contributed by atoms with Crippen LogP contribution in [-0.2, 0) is 42.9 Å². The van der Waals surface area contributed by atoms with E-state index in [1.807, 2.05) is 0 Å². The van der Waals surface area contributed by atoms with E-state index in [0.29, 0.717) is 0 Å². The molecule has 1 aromatic rings. The van der Waals surface area contributed by atoms with Crippen molar-refractivity contribution in [2.45, 2.75) is 58.2 Å². The van der Waals surface area contributed by atoms with E-state index in [9.17, 15) is 29.3 Å². The predicted octanol–water partition coefficient (Wildman–Crippen LogP) is 1.58. The molecule has 0 saturated carbocycles. The Balaban J connectivity index is 2.60.